The van der Waals surface area contributed by atoms with E-state index >= 15 is 0 Å². The first-order valence-electron chi connectivity index (χ1n) is 5.46. The van der Waals surface area contributed by atoms with E-state index in [0.29, 0.717) is 25.6 Å². The molecule has 15 heavy (non-hydrogen) atoms. The Morgan fingerprint density at radius 1 is 1.47 bits per heavy atom. The Morgan fingerprint density at radius 2 is 2.13 bits per heavy atom. The lowest BCUT2D eigenvalue weighted by molar-refractivity contribution is -0.131. The lowest BCUT2D eigenvalue weighted by Crippen LogP contribution is -2.44. The highest BCUT2D eigenvalue weighted by atomic mass is 16.2. The van der Waals surface area contributed by atoms with Crippen molar-refractivity contribution >= 4 is 5.91 Å². The molecule has 1 aliphatic carbocycles. The number of nitrogens with zero attached hydrogens (tertiary/aromatic N) is 3. The molecule has 4 heteroatoms. The first-order valence-corrected chi connectivity index (χ1v) is 5.46. The summed E-state index contributed by atoms with van der Waals surface area (Å²) < 4.78 is 0. The van der Waals surface area contributed by atoms with Gasteiger partial charge in [0.15, 0.2) is 0 Å². The van der Waals surface area contributed by atoms with Gasteiger partial charge >= 0.3 is 0 Å². The van der Waals surface area contributed by atoms with E-state index in [9.17, 15) is 4.79 Å². The molecule has 0 spiro atoms. The Balaban J connectivity index is 2.24. The van der Waals surface area contributed by atoms with Crippen molar-refractivity contribution < 1.29 is 4.79 Å². The van der Waals surface area contributed by atoms with Crippen LogP contribution in [0.3, 0.4) is 0 Å². The van der Waals surface area contributed by atoms with Gasteiger partial charge in [0.1, 0.15) is 0 Å². The van der Waals surface area contributed by atoms with Crippen molar-refractivity contribution in [2.45, 2.75) is 31.7 Å². The van der Waals surface area contributed by atoms with Crippen LogP contribution in [0.4, 0.5) is 0 Å². The summed E-state index contributed by atoms with van der Waals surface area (Å²) in [7, 11) is 3.76. The molecule has 0 radical (unpaired) electrons. The first-order chi connectivity index (χ1) is 7.15. The summed E-state index contributed by atoms with van der Waals surface area (Å²) in [5.41, 5.74) is 0. The van der Waals surface area contributed by atoms with Gasteiger partial charge in [0.25, 0.3) is 0 Å². The van der Waals surface area contributed by atoms with Gasteiger partial charge in [-0.2, -0.15) is 5.26 Å². The largest absolute Gasteiger partial charge is 0.344 e. The molecule has 0 aliphatic heterocycles. The van der Waals surface area contributed by atoms with Gasteiger partial charge in [-0.3, -0.25) is 9.69 Å². The average molecular weight is 209 g/mol. The van der Waals surface area contributed by atoms with Crippen molar-refractivity contribution in [1.29, 1.82) is 5.26 Å². The van der Waals surface area contributed by atoms with Crippen LogP contribution in [0.2, 0.25) is 0 Å². The fraction of sp³-hybridized carbons (Fsp3) is 0.818. The summed E-state index contributed by atoms with van der Waals surface area (Å²) in [6, 6.07) is 2.64. The quantitative estimate of drug-likeness (QED) is 0.674. The molecular formula is C11H19N3O. The Morgan fingerprint density at radius 3 is 2.60 bits per heavy atom. The van der Waals surface area contributed by atoms with E-state index in [-0.39, 0.29) is 5.91 Å². The van der Waals surface area contributed by atoms with Gasteiger partial charge < -0.3 is 4.90 Å². The van der Waals surface area contributed by atoms with Crippen molar-refractivity contribution in [3.8, 4) is 6.07 Å². The zero-order valence-electron chi connectivity index (χ0n) is 9.57. The normalized spacial score (nSPS) is 15.9. The van der Waals surface area contributed by atoms with E-state index in [1.165, 1.54) is 19.3 Å². The minimum absolute atomic E-state index is 0.111. The predicted molar refractivity (Wildman–Crippen MR) is 58.1 cm³/mol. The van der Waals surface area contributed by atoms with E-state index in [0.717, 1.165) is 0 Å². The second-order valence-corrected chi connectivity index (χ2v) is 4.22. The molecule has 0 bridgehead atoms. The summed E-state index contributed by atoms with van der Waals surface area (Å²) in [5.74, 6) is 0.111. The van der Waals surface area contributed by atoms with E-state index in [1.54, 1.807) is 11.9 Å². The Bertz CT molecular complexity index is 255. The molecule has 1 amide bonds. The fourth-order valence-corrected chi connectivity index (χ4v) is 1.63. The smallest absolute Gasteiger partial charge is 0.236 e. The standard InChI is InChI=1S/C11H19N3O/c1-13(8-4-7-12)11(15)9-14(2)10-5-3-6-10/h10H,3-6,8-9H2,1-2H3. The van der Waals surface area contributed by atoms with Crippen LogP contribution in [0.25, 0.3) is 0 Å². The highest BCUT2D eigenvalue weighted by Crippen LogP contribution is 2.23. The van der Waals surface area contributed by atoms with Gasteiger partial charge in [-0.1, -0.05) is 6.42 Å². The molecule has 4 nitrogen and oxygen atoms in total. The maximum Gasteiger partial charge on any atom is 0.236 e. The number of rotatable bonds is 5. The number of hydrogen-bond donors (Lipinski definition) is 0. The highest BCUT2D eigenvalue weighted by molar-refractivity contribution is 5.78. The molecule has 0 aromatic heterocycles. The molecule has 1 fully saturated rings. The molecule has 0 heterocycles. The fourth-order valence-electron chi connectivity index (χ4n) is 1.63. The van der Waals surface area contributed by atoms with Crippen LogP contribution in [0.5, 0.6) is 0 Å². The summed E-state index contributed by atoms with van der Waals surface area (Å²) in [6.45, 7) is 1.01. The maximum absolute atomic E-state index is 11.7. The summed E-state index contributed by atoms with van der Waals surface area (Å²) in [6.07, 6.45) is 4.13. The van der Waals surface area contributed by atoms with Crippen LogP contribution in [-0.4, -0.2) is 48.9 Å². The Labute approximate surface area is 91.5 Å². The van der Waals surface area contributed by atoms with Crippen molar-refractivity contribution in [1.82, 2.24) is 9.80 Å². The number of carbonyl (C=O) groups is 1. The molecule has 1 rings (SSSR count). The molecule has 0 N–H and O–H groups in total. The van der Waals surface area contributed by atoms with Gasteiger partial charge in [-0.15, -0.1) is 0 Å². The van der Waals surface area contributed by atoms with Crippen molar-refractivity contribution in [3.05, 3.63) is 0 Å². The molecule has 0 unspecified atom stereocenters. The highest BCUT2D eigenvalue weighted by Gasteiger charge is 2.24. The molecule has 84 valence electrons. The zero-order valence-corrected chi connectivity index (χ0v) is 9.57. The minimum atomic E-state index is 0.111. The monoisotopic (exact) mass is 209 g/mol. The number of likely N-dealkylation sites (N-methyl/N-ethyl adjacent to an activating group) is 2. The lowest BCUT2D eigenvalue weighted by Gasteiger charge is -2.35. The van der Waals surface area contributed by atoms with Crippen molar-refractivity contribution in [3.63, 3.8) is 0 Å². The summed E-state index contributed by atoms with van der Waals surface area (Å²) in [4.78, 5) is 15.4. The molecule has 1 saturated carbocycles. The second-order valence-electron chi connectivity index (χ2n) is 4.22. The topological polar surface area (TPSA) is 47.3 Å². The van der Waals surface area contributed by atoms with Crippen LogP contribution < -0.4 is 0 Å². The lowest BCUT2D eigenvalue weighted by atomic mass is 9.92. The number of hydrogen-bond acceptors (Lipinski definition) is 3. The molecule has 0 atom stereocenters. The van der Waals surface area contributed by atoms with Crippen LogP contribution in [0.15, 0.2) is 0 Å². The third kappa shape index (κ3) is 3.52. The van der Waals surface area contributed by atoms with E-state index < -0.39 is 0 Å². The van der Waals surface area contributed by atoms with Gasteiger partial charge in [-0.25, -0.2) is 0 Å². The first kappa shape index (κ1) is 12.0. The van der Waals surface area contributed by atoms with Crippen molar-refractivity contribution in [2.24, 2.45) is 0 Å². The summed E-state index contributed by atoms with van der Waals surface area (Å²) >= 11 is 0. The zero-order chi connectivity index (χ0) is 11.3. The van der Waals surface area contributed by atoms with Gasteiger partial charge in [0.2, 0.25) is 5.91 Å². The van der Waals surface area contributed by atoms with Crippen LogP contribution in [0, 0.1) is 11.3 Å². The van der Waals surface area contributed by atoms with Gasteiger partial charge in [-0.05, 0) is 19.9 Å². The third-order valence-electron chi connectivity index (χ3n) is 3.07. The molecule has 1 aliphatic rings. The minimum Gasteiger partial charge on any atom is -0.344 e. The van der Waals surface area contributed by atoms with E-state index in [1.807, 2.05) is 13.1 Å². The van der Waals surface area contributed by atoms with Crippen LogP contribution >= 0.6 is 0 Å². The SMILES string of the molecule is CN(CCC#N)C(=O)CN(C)C1CCC1. The van der Waals surface area contributed by atoms with Gasteiger partial charge in [0, 0.05) is 19.6 Å². The van der Waals surface area contributed by atoms with Crippen LogP contribution in [0.1, 0.15) is 25.7 Å². The average Bonchev–Trinajstić information content (AvgIpc) is 2.10. The van der Waals surface area contributed by atoms with E-state index in [4.69, 9.17) is 5.26 Å². The van der Waals surface area contributed by atoms with Crippen LogP contribution in [-0.2, 0) is 4.79 Å². The third-order valence-corrected chi connectivity index (χ3v) is 3.07. The number of amides is 1. The molecule has 0 aromatic rings. The second kappa shape index (κ2) is 5.72. The maximum atomic E-state index is 11.7. The predicted octanol–water partition coefficient (Wildman–Crippen LogP) is 0.843. The molecule has 0 aromatic carbocycles. The molecule has 0 saturated heterocycles. The number of carbonyl (C=O) groups excluding carboxylic acids is 1. The molecular weight excluding hydrogens is 190 g/mol. The van der Waals surface area contributed by atoms with Gasteiger partial charge in [0.05, 0.1) is 19.0 Å². The Kier molecular flexibility index (Phi) is 4.57. The number of nitriles is 1. The van der Waals surface area contributed by atoms with Crippen molar-refractivity contribution in [2.75, 3.05) is 27.2 Å². The van der Waals surface area contributed by atoms with E-state index in [2.05, 4.69) is 4.90 Å². The summed E-state index contributed by atoms with van der Waals surface area (Å²) in [5, 5.41) is 8.42. The Hall–Kier alpha value is -1.08.